The van der Waals surface area contributed by atoms with Crippen LogP contribution in [0.4, 0.5) is 5.69 Å². The highest BCUT2D eigenvalue weighted by Crippen LogP contribution is 2.35. The molecular weight excluding hydrogens is 284 g/mol. The quantitative estimate of drug-likeness (QED) is 0.915. The van der Waals surface area contributed by atoms with Gasteiger partial charge in [-0.15, -0.1) is 0 Å². The third-order valence-electron chi connectivity index (χ3n) is 4.39. The summed E-state index contributed by atoms with van der Waals surface area (Å²) in [5.74, 6) is 0.896. The normalized spacial score (nSPS) is 23.2. The first-order valence-corrected chi connectivity index (χ1v) is 8.08. The Morgan fingerprint density at radius 3 is 2.67 bits per heavy atom. The van der Waals surface area contributed by atoms with Crippen LogP contribution in [0.3, 0.4) is 0 Å². The lowest BCUT2D eigenvalue weighted by molar-refractivity contribution is 0.233. The molecule has 1 aliphatic heterocycles. The highest BCUT2D eigenvalue weighted by molar-refractivity contribution is 6.30. The third-order valence-corrected chi connectivity index (χ3v) is 4.62. The van der Waals surface area contributed by atoms with Crippen molar-refractivity contribution in [2.75, 3.05) is 25.1 Å². The maximum Gasteiger partial charge on any atom is 0.142 e. The monoisotopic (exact) mass is 310 g/mol. The summed E-state index contributed by atoms with van der Waals surface area (Å²) in [4.78, 5) is 2.46. The van der Waals surface area contributed by atoms with E-state index in [-0.39, 0.29) is 5.41 Å². The average Bonchev–Trinajstić information content (AvgIpc) is 2.45. The standard InChI is InChI=1S/C17H27ClN2O/c1-6-13-10-19-16(17(2,3)4)11-20(13)14-9-12(18)7-8-15(14)21-5/h7-9,13,16,19H,6,10-11H2,1-5H3. The molecule has 1 aromatic rings. The van der Waals surface area contributed by atoms with E-state index in [9.17, 15) is 0 Å². The molecule has 0 bridgehead atoms. The fourth-order valence-electron chi connectivity index (χ4n) is 2.93. The van der Waals surface area contributed by atoms with Crippen LogP contribution in [-0.4, -0.2) is 32.3 Å². The van der Waals surface area contributed by atoms with Crippen molar-refractivity contribution in [3.05, 3.63) is 23.2 Å². The summed E-state index contributed by atoms with van der Waals surface area (Å²) in [6, 6.07) is 6.78. The summed E-state index contributed by atoms with van der Waals surface area (Å²) in [7, 11) is 1.72. The van der Waals surface area contributed by atoms with E-state index in [1.165, 1.54) is 0 Å². The second kappa shape index (κ2) is 6.45. The summed E-state index contributed by atoms with van der Waals surface area (Å²) in [5, 5.41) is 4.45. The number of benzene rings is 1. The van der Waals surface area contributed by atoms with Crippen LogP contribution in [-0.2, 0) is 0 Å². The van der Waals surface area contributed by atoms with Gasteiger partial charge in [-0.25, -0.2) is 0 Å². The summed E-state index contributed by atoms with van der Waals surface area (Å²) in [6.45, 7) is 11.0. The second-order valence-electron chi connectivity index (χ2n) is 6.86. The van der Waals surface area contributed by atoms with Crippen LogP contribution in [0.5, 0.6) is 5.75 Å². The summed E-state index contributed by atoms with van der Waals surface area (Å²) >= 11 is 6.21. The van der Waals surface area contributed by atoms with Gasteiger partial charge < -0.3 is 15.0 Å². The average molecular weight is 311 g/mol. The molecule has 1 aromatic carbocycles. The van der Waals surface area contributed by atoms with E-state index < -0.39 is 0 Å². The number of piperazine rings is 1. The number of methoxy groups -OCH3 is 1. The number of rotatable bonds is 3. The smallest absolute Gasteiger partial charge is 0.142 e. The lowest BCUT2D eigenvalue weighted by Gasteiger charge is -2.46. The maximum absolute atomic E-state index is 6.21. The number of hydrogen-bond donors (Lipinski definition) is 1. The van der Waals surface area contributed by atoms with Crippen molar-refractivity contribution in [3.8, 4) is 5.75 Å². The SMILES string of the molecule is CCC1CNC(C(C)(C)C)CN1c1cc(Cl)ccc1OC. The van der Waals surface area contributed by atoms with Gasteiger partial charge in [-0.2, -0.15) is 0 Å². The zero-order chi connectivity index (χ0) is 15.6. The van der Waals surface area contributed by atoms with Crippen molar-refractivity contribution in [1.29, 1.82) is 0 Å². The zero-order valence-electron chi connectivity index (χ0n) is 13.7. The molecule has 2 rings (SSSR count). The van der Waals surface area contributed by atoms with Gasteiger partial charge >= 0.3 is 0 Å². The zero-order valence-corrected chi connectivity index (χ0v) is 14.5. The highest BCUT2D eigenvalue weighted by Gasteiger charge is 2.34. The van der Waals surface area contributed by atoms with E-state index in [0.717, 1.165) is 36.0 Å². The number of nitrogens with one attached hydrogen (secondary N) is 1. The second-order valence-corrected chi connectivity index (χ2v) is 7.29. The van der Waals surface area contributed by atoms with E-state index in [0.29, 0.717) is 12.1 Å². The summed E-state index contributed by atoms with van der Waals surface area (Å²) < 4.78 is 5.55. The fraction of sp³-hybridized carbons (Fsp3) is 0.647. The Morgan fingerprint density at radius 2 is 2.10 bits per heavy atom. The van der Waals surface area contributed by atoms with E-state index in [4.69, 9.17) is 16.3 Å². The molecule has 1 heterocycles. The molecule has 3 nitrogen and oxygen atoms in total. The largest absolute Gasteiger partial charge is 0.495 e. The Morgan fingerprint density at radius 1 is 1.38 bits per heavy atom. The van der Waals surface area contributed by atoms with Gasteiger partial charge in [-0.1, -0.05) is 39.3 Å². The molecule has 0 radical (unpaired) electrons. The summed E-state index contributed by atoms with van der Waals surface area (Å²) in [6.07, 6.45) is 1.10. The van der Waals surface area contributed by atoms with Gasteiger partial charge in [-0.05, 0) is 30.0 Å². The Balaban J connectivity index is 2.35. The van der Waals surface area contributed by atoms with Crippen LogP contribution >= 0.6 is 11.6 Å². The van der Waals surface area contributed by atoms with Crippen molar-refractivity contribution < 1.29 is 4.74 Å². The first kappa shape index (κ1) is 16.4. The predicted octanol–water partition coefficient (Wildman–Crippen LogP) is 3.95. The molecular formula is C17H27ClN2O. The molecule has 1 N–H and O–H groups in total. The molecule has 0 saturated carbocycles. The van der Waals surface area contributed by atoms with Crippen LogP contribution in [0, 0.1) is 5.41 Å². The number of halogens is 1. The van der Waals surface area contributed by atoms with Crippen LogP contribution in [0.2, 0.25) is 5.02 Å². The number of hydrogen-bond acceptors (Lipinski definition) is 3. The molecule has 2 unspecified atom stereocenters. The number of ether oxygens (including phenoxy) is 1. The molecule has 0 spiro atoms. The molecule has 118 valence electrons. The first-order chi connectivity index (χ1) is 9.86. The molecule has 1 fully saturated rings. The van der Waals surface area contributed by atoms with Crippen LogP contribution < -0.4 is 15.0 Å². The molecule has 0 amide bonds. The first-order valence-electron chi connectivity index (χ1n) is 7.70. The van der Waals surface area contributed by atoms with Crippen molar-refractivity contribution in [2.45, 2.75) is 46.2 Å². The van der Waals surface area contributed by atoms with E-state index >= 15 is 0 Å². The van der Waals surface area contributed by atoms with E-state index in [1.807, 2.05) is 18.2 Å². The van der Waals surface area contributed by atoms with Crippen molar-refractivity contribution >= 4 is 17.3 Å². The Kier molecular flexibility index (Phi) is 5.05. The predicted molar refractivity (Wildman–Crippen MR) is 90.7 cm³/mol. The topological polar surface area (TPSA) is 24.5 Å². The van der Waals surface area contributed by atoms with Gasteiger partial charge in [-0.3, -0.25) is 0 Å². The number of nitrogens with zero attached hydrogens (tertiary/aromatic N) is 1. The molecule has 21 heavy (non-hydrogen) atoms. The van der Waals surface area contributed by atoms with Gasteiger partial charge in [0.15, 0.2) is 0 Å². The van der Waals surface area contributed by atoms with Crippen molar-refractivity contribution in [1.82, 2.24) is 5.32 Å². The highest BCUT2D eigenvalue weighted by atomic mass is 35.5. The lowest BCUT2D eigenvalue weighted by atomic mass is 9.84. The van der Waals surface area contributed by atoms with Crippen LogP contribution in [0.15, 0.2) is 18.2 Å². The minimum Gasteiger partial charge on any atom is -0.495 e. The Bertz CT molecular complexity index is 484. The summed E-state index contributed by atoms with van der Waals surface area (Å²) in [5.41, 5.74) is 1.33. The van der Waals surface area contributed by atoms with Crippen molar-refractivity contribution in [2.24, 2.45) is 5.41 Å². The molecule has 0 aliphatic carbocycles. The maximum atomic E-state index is 6.21. The van der Waals surface area contributed by atoms with Crippen molar-refractivity contribution in [3.63, 3.8) is 0 Å². The van der Waals surface area contributed by atoms with Crippen LogP contribution in [0.1, 0.15) is 34.1 Å². The molecule has 0 aromatic heterocycles. The molecule has 1 aliphatic rings. The Hall–Kier alpha value is -0.930. The van der Waals surface area contributed by atoms with Crippen LogP contribution in [0.25, 0.3) is 0 Å². The van der Waals surface area contributed by atoms with Gasteiger partial charge in [0, 0.05) is 30.2 Å². The van der Waals surface area contributed by atoms with Gasteiger partial charge in [0.2, 0.25) is 0 Å². The van der Waals surface area contributed by atoms with E-state index in [2.05, 4.69) is 37.9 Å². The minimum absolute atomic E-state index is 0.225. The third kappa shape index (κ3) is 3.64. The number of anilines is 1. The minimum atomic E-state index is 0.225. The fourth-order valence-corrected chi connectivity index (χ4v) is 3.09. The lowest BCUT2D eigenvalue weighted by Crippen LogP contribution is -2.60. The Labute approximate surface area is 133 Å². The molecule has 2 atom stereocenters. The van der Waals surface area contributed by atoms with Gasteiger partial charge in [0.05, 0.1) is 12.8 Å². The van der Waals surface area contributed by atoms with Gasteiger partial charge in [0.25, 0.3) is 0 Å². The van der Waals surface area contributed by atoms with E-state index in [1.54, 1.807) is 7.11 Å². The molecule has 1 saturated heterocycles. The van der Waals surface area contributed by atoms with Gasteiger partial charge in [0.1, 0.15) is 5.75 Å². The molecule has 4 heteroatoms.